The molecule has 0 unspecified atom stereocenters. The van der Waals surface area contributed by atoms with Crippen molar-refractivity contribution in [1.29, 1.82) is 0 Å². The summed E-state index contributed by atoms with van der Waals surface area (Å²) >= 11 is 0. The van der Waals surface area contributed by atoms with Crippen LogP contribution in [0.15, 0.2) is 49.1 Å². The van der Waals surface area contributed by atoms with Crippen LogP contribution in [0.3, 0.4) is 0 Å². The van der Waals surface area contributed by atoms with Crippen molar-refractivity contribution in [2.75, 3.05) is 11.9 Å². The van der Waals surface area contributed by atoms with Crippen LogP contribution in [0.2, 0.25) is 0 Å². The van der Waals surface area contributed by atoms with Crippen LogP contribution in [0.5, 0.6) is 0 Å². The Bertz CT molecular complexity index is 999. The first-order chi connectivity index (χ1) is 15.8. The van der Waals surface area contributed by atoms with Gasteiger partial charge in [0.05, 0.1) is 0 Å². The van der Waals surface area contributed by atoms with Gasteiger partial charge in [-0.2, -0.15) is 0 Å². The number of benzene rings is 1. The summed E-state index contributed by atoms with van der Waals surface area (Å²) in [4.78, 5) is 28.1. The minimum absolute atomic E-state index is 0.0169. The Labute approximate surface area is 198 Å². The molecule has 33 heavy (non-hydrogen) atoms. The van der Waals surface area contributed by atoms with Crippen molar-refractivity contribution in [2.24, 2.45) is 34.5 Å². The van der Waals surface area contributed by atoms with E-state index in [4.69, 9.17) is 0 Å². The Morgan fingerprint density at radius 1 is 1.18 bits per heavy atom. The van der Waals surface area contributed by atoms with Crippen LogP contribution in [-0.4, -0.2) is 29.3 Å². The Morgan fingerprint density at radius 2 is 2.00 bits per heavy atom. The molecule has 1 aliphatic heterocycles. The van der Waals surface area contributed by atoms with Gasteiger partial charge in [0.1, 0.15) is 0 Å². The molecule has 176 valence electrons. The molecule has 0 saturated heterocycles. The second-order valence-corrected chi connectivity index (χ2v) is 11.5. The SMILES string of the molecule is C=CCN1C(=O)C=C[C@]2(C)[C@H]3CC[C@]4(C)[C@@H](C(=O)Nc5cccc(C)c5)CC[C@H]4[C@@H]3CC[C@@H]12. The third kappa shape index (κ3) is 3.48. The van der Waals surface area contributed by atoms with E-state index in [1.54, 1.807) is 0 Å². The third-order valence-electron chi connectivity index (χ3n) is 9.90. The average molecular weight is 447 g/mol. The van der Waals surface area contributed by atoms with Crippen molar-refractivity contribution >= 4 is 17.5 Å². The van der Waals surface area contributed by atoms with E-state index in [1.165, 1.54) is 5.56 Å². The van der Waals surface area contributed by atoms with Gasteiger partial charge in [0.15, 0.2) is 0 Å². The van der Waals surface area contributed by atoms with Gasteiger partial charge in [-0.05, 0) is 92.4 Å². The summed E-state index contributed by atoms with van der Waals surface area (Å²) in [7, 11) is 0. The Balaban J connectivity index is 1.37. The fourth-order valence-corrected chi connectivity index (χ4v) is 8.34. The predicted molar refractivity (Wildman–Crippen MR) is 133 cm³/mol. The minimum Gasteiger partial charge on any atom is -0.332 e. The number of carbonyl (C=O) groups is 2. The number of aryl methyl sites for hydroxylation is 1. The number of anilines is 1. The summed E-state index contributed by atoms with van der Waals surface area (Å²) in [6.07, 6.45) is 12.5. The van der Waals surface area contributed by atoms with Crippen molar-refractivity contribution in [3.63, 3.8) is 0 Å². The number of fused-ring (bicyclic) bond motifs is 5. The lowest BCUT2D eigenvalue weighted by molar-refractivity contribution is -0.142. The van der Waals surface area contributed by atoms with Gasteiger partial charge < -0.3 is 10.2 Å². The van der Waals surface area contributed by atoms with Crippen LogP contribution in [0, 0.1) is 41.4 Å². The Morgan fingerprint density at radius 3 is 2.76 bits per heavy atom. The summed E-state index contributed by atoms with van der Waals surface area (Å²) in [5, 5.41) is 3.23. The smallest absolute Gasteiger partial charge is 0.246 e. The highest BCUT2D eigenvalue weighted by Crippen LogP contribution is 2.65. The molecular weight excluding hydrogens is 408 g/mol. The zero-order valence-electron chi connectivity index (χ0n) is 20.3. The van der Waals surface area contributed by atoms with Gasteiger partial charge >= 0.3 is 0 Å². The van der Waals surface area contributed by atoms with Gasteiger partial charge in [0.25, 0.3) is 0 Å². The largest absolute Gasteiger partial charge is 0.332 e. The number of rotatable bonds is 4. The van der Waals surface area contributed by atoms with Crippen molar-refractivity contribution in [3.8, 4) is 0 Å². The standard InChI is InChI=1S/C29H38N2O2/c1-5-17-31-25-12-9-21-22-10-11-24(27(33)30-20-8-6-7-19(2)18-20)28(22,3)15-13-23(21)29(25,4)16-14-26(31)32/h5-8,14,16,18,21-25H,1,9-13,15,17H2,2-4H3,(H,30,33)/t21-,22-,23-,24+,25+,28-,29+/m0/s1. The van der Waals surface area contributed by atoms with Gasteiger partial charge in [0, 0.05) is 29.6 Å². The number of hydrogen-bond donors (Lipinski definition) is 1. The molecule has 1 aromatic carbocycles. The van der Waals surface area contributed by atoms with Crippen LogP contribution in [0.25, 0.3) is 0 Å². The maximum atomic E-state index is 13.4. The van der Waals surface area contributed by atoms with Crippen molar-refractivity contribution < 1.29 is 9.59 Å². The fraction of sp³-hybridized carbons (Fsp3) is 0.586. The molecule has 4 heteroatoms. The van der Waals surface area contributed by atoms with E-state index in [0.717, 1.165) is 44.2 Å². The van der Waals surface area contributed by atoms with Gasteiger partial charge in [-0.25, -0.2) is 0 Å². The molecule has 1 aromatic rings. The number of carbonyl (C=O) groups excluding carboxylic acids is 2. The molecule has 3 fully saturated rings. The predicted octanol–water partition coefficient (Wildman–Crippen LogP) is 5.75. The van der Waals surface area contributed by atoms with E-state index < -0.39 is 0 Å². The molecule has 0 bridgehead atoms. The average Bonchev–Trinajstić information content (AvgIpc) is 3.13. The monoisotopic (exact) mass is 446 g/mol. The molecule has 3 aliphatic carbocycles. The minimum atomic E-state index is 0.0169. The van der Waals surface area contributed by atoms with Crippen molar-refractivity contribution in [1.82, 2.24) is 4.90 Å². The van der Waals surface area contributed by atoms with E-state index in [-0.39, 0.29) is 34.6 Å². The molecule has 2 amide bonds. The normalized spacial score (nSPS) is 39.4. The van der Waals surface area contributed by atoms with Crippen molar-refractivity contribution in [2.45, 2.75) is 65.3 Å². The van der Waals surface area contributed by atoms with E-state index in [2.05, 4.69) is 50.9 Å². The van der Waals surface area contributed by atoms with Gasteiger partial charge in [-0.15, -0.1) is 6.58 Å². The van der Waals surface area contributed by atoms with E-state index in [9.17, 15) is 9.59 Å². The lowest BCUT2D eigenvalue weighted by Gasteiger charge is -2.60. The van der Waals surface area contributed by atoms with E-state index in [0.29, 0.717) is 24.3 Å². The molecule has 1 heterocycles. The molecule has 5 rings (SSSR count). The number of nitrogens with zero attached hydrogens (tertiary/aromatic N) is 1. The van der Waals surface area contributed by atoms with E-state index >= 15 is 0 Å². The van der Waals surface area contributed by atoms with Crippen LogP contribution < -0.4 is 5.32 Å². The molecule has 4 nitrogen and oxygen atoms in total. The molecular formula is C29H38N2O2. The molecule has 7 atom stereocenters. The summed E-state index contributed by atoms with van der Waals surface area (Å²) in [6.45, 7) is 11.3. The van der Waals surface area contributed by atoms with Gasteiger partial charge in [0.2, 0.25) is 11.8 Å². The molecule has 3 saturated carbocycles. The number of hydrogen-bond acceptors (Lipinski definition) is 2. The lowest BCUT2D eigenvalue weighted by atomic mass is 9.47. The first kappa shape index (κ1) is 22.4. The summed E-state index contributed by atoms with van der Waals surface area (Å²) in [6, 6.07) is 8.37. The highest BCUT2D eigenvalue weighted by Gasteiger charge is 2.61. The first-order valence-corrected chi connectivity index (χ1v) is 12.8. The molecule has 0 radical (unpaired) electrons. The zero-order chi connectivity index (χ0) is 23.4. The fourth-order valence-electron chi connectivity index (χ4n) is 8.34. The maximum absolute atomic E-state index is 13.4. The van der Waals surface area contributed by atoms with Gasteiger partial charge in [-0.1, -0.05) is 38.1 Å². The van der Waals surface area contributed by atoms with Crippen LogP contribution in [0.4, 0.5) is 5.69 Å². The highest BCUT2D eigenvalue weighted by atomic mass is 16.2. The summed E-state index contributed by atoms with van der Waals surface area (Å²) < 4.78 is 0. The molecule has 0 spiro atoms. The van der Waals surface area contributed by atoms with E-state index in [1.807, 2.05) is 29.2 Å². The summed E-state index contributed by atoms with van der Waals surface area (Å²) in [5.41, 5.74) is 2.16. The maximum Gasteiger partial charge on any atom is 0.246 e. The van der Waals surface area contributed by atoms with Crippen LogP contribution in [-0.2, 0) is 9.59 Å². The molecule has 0 aromatic heterocycles. The topological polar surface area (TPSA) is 49.4 Å². The highest BCUT2D eigenvalue weighted by molar-refractivity contribution is 5.93. The number of nitrogens with one attached hydrogen (secondary N) is 1. The Kier molecular flexibility index (Phi) is 5.54. The second-order valence-electron chi connectivity index (χ2n) is 11.5. The Hall–Kier alpha value is -2.36. The van der Waals surface area contributed by atoms with Gasteiger partial charge in [-0.3, -0.25) is 9.59 Å². The second kappa shape index (κ2) is 8.14. The number of amides is 2. The first-order valence-electron chi connectivity index (χ1n) is 12.8. The van der Waals surface area contributed by atoms with Crippen LogP contribution >= 0.6 is 0 Å². The molecule has 1 N–H and O–H groups in total. The van der Waals surface area contributed by atoms with Crippen molar-refractivity contribution in [3.05, 3.63) is 54.6 Å². The lowest BCUT2D eigenvalue weighted by Crippen LogP contribution is -2.60. The third-order valence-corrected chi connectivity index (χ3v) is 9.90. The zero-order valence-corrected chi connectivity index (χ0v) is 20.3. The molecule has 4 aliphatic rings. The van der Waals surface area contributed by atoms with Crippen LogP contribution in [0.1, 0.15) is 57.9 Å². The summed E-state index contributed by atoms with van der Waals surface area (Å²) in [5.74, 6) is 2.20. The quantitative estimate of drug-likeness (QED) is 0.599.